The molecule has 1 rings (SSSR count). The van der Waals surface area contributed by atoms with Crippen LogP contribution in [0.1, 0.15) is 36.2 Å². The van der Waals surface area contributed by atoms with Gasteiger partial charge in [0.05, 0.1) is 12.2 Å². The van der Waals surface area contributed by atoms with Gasteiger partial charge in [0.1, 0.15) is 5.82 Å². The fourth-order valence-electron chi connectivity index (χ4n) is 1.27. The summed E-state index contributed by atoms with van der Waals surface area (Å²) in [5.74, 6) is -0.603. The van der Waals surface area contributed by atoms with Gasteiger partial charge in [-0.15, -0.1) is 0 Å². The Morgan fingerprint density at radius 1 is 1.44 bits per heavy atom. The molecular formula is C13H17FO2. The highest BCUT2D eigenvalue weighted by Crippen LogP contribution is 2.13. The topological polar surface area (TPSA) is 26.3 Å². The van der Waals surface area contributed by atoms with E-state index in [0.717, 1.165) is 6.42 Å². The van der Waals surface area contributed by atoms with E-state index in [1.165, 1.54) is 6.07 Å². The maximum atomic E-state index is 13.5. The Labute approximate surface area is 95.4 Å². The van der Waals surface area contributed by atoms with Crippen molar-refractivity contribution in [1.82, 2.24) is 0 Å². The number of halogens is 1. The molecule has 0 N–H and O–H groups in total. The first kappa shape index (κ1) is 12.7. The molecule has 0 spiro atoms. The molecular weight excluding hydrogens is 207 g/mol. The second-order valence-electron chi connectivity index (χ2n) is 4.25. The summed E-state index contributed by atoms with van der Waals surface area (Å²) in [6, 6.07) is 4.72. The van der Waals surface area contributed by atoms with Crippen molar-refractivity contribution in [3.63, 3.8) is 0 Å². The van der Waals surface area contributed by atoms with E-state index < -0.39 is 11.8 Å². The number of esters is 1. The van der Waals surface area contributed by atoms with Gasteiger partial charge in [0.15, 0.2) is 0 Å². The normalized spacial score (nSPS) is 10.6. The Morgan fingerprint density at radius 3 is 2.75 bits per heavy atom. The molecule has 0 amide bonds. The van der Waals surface area contributed by atoms with Gasteiger partial charge in [0.25, 0.3) is 0 Å². The molecule has 0 unspecified atom stereocenters. The number of hydrogen-bond acceptors (Lipinski definition) is 2. The van der Waals surface area contributed by atoms with Crippen molar-refractivity contribution in [2.45, 2.75) is 27.2 Å². The molecule has 16 heavy (non-hydrogen) atoms. The maximum Gasteiger partial charge on any atom is 0.341 e. The van der Waals surface area contributed by atoms with Gasteiger partial charge in [-0.2, -0.15) is 0 Å². The fraction of sp³-hybridized carbons (Fsp3) is 0.462. The molecule has 88 valence electrons. The Bertz CT molecular complexity index is 372. The maximum absolute atomic E-state index is 13.5. The predicted octanol–water partition coefficient (Wildman–Crippen LogP) is 3.34. The first-order chi connectivity index (χ1) is 7.52. The van der Waals surface area contributed by atoms with Crippen molar-refractivity contribution >= 4 is 5.97 Å². The second kappa shape index (κ2) is 5.64. The van der Waals surface area contributed by atoms with Crippen molar-refractivity contribution in [2.75, 3.05) is 6.61 Å². The minimum absolute atomic E-state index is 0.0174. The highest BCUT2D eigenvalue weighted by Gasteiger charge is 2.14. The van der Waals surface area contributed by atoms with Gasteiger partial charge in [-0.1, -0.05) is 26.0 Å². The lowest BCUT2D eigenvalue weighted by Crippen LogP contribution is -2.10. The lowest BCUT2D eigenvalue weighted by Gasteiger charge is -2.08. The van der Waals surface area contributed by atoms with Crippen LogP contribution < -0.4 is 0 Å². The highest BCUT2D eigenvalue weighted by molar-refractivity contribution is 5.89. The molecule has 1 aromatic carbocycles. The third-order valence-corrected chi connectivity index (χ3v) is 2.34. The molecule has 0 saturated carbocycles. The van der Waals surface area contributed by atoms with Crippen LogP contribution in [-0.4, -0.2) is 12.6 Å². The predicted molar refractivity (Wildman–Crippen MR) is 60.9 cm³/mol. The summed E-state index contributed by atoms with van der Waals surface area (Å²) in [6.07, 6.45) is 0.791. The highest BCUT2D eigenvalue weighted by atomic mass is 19.1. The molecule has 2 nitrogen and oxygen atoms in total. The summed E-state index contributed by atoms with van der Waals surface area (Å²) in [6.45, 7) is 6.05. The van der Waals surface area contributed by atoms with Crippen molar-refractivity contribution < 1.29 is 13.9 Å². The number of ether oxygens (including phenoxy) is 1. The molecule has 1 aromatic rings. The van der Waals surface area contributed by atoms with Crippen molar-refractivity contribution in [3.05, 3.63) is 35.1 Å². The summed E-state index contributed by atoms with van der Waals surface area (Å²) in [7, 11) is 0. The van der Waals surface area contributed by atoms with Crippen molar-refractivity contribution in [2.24, 2.45) is 5.92 Å². The molecule has 0 aliphatic heterocycles. The van der Waals surface area contributed by atoms with Gasteiger partial charge >= 0.3 is 5.97 Å². The standard InChI is InChI=1S/C13H17FO2/c1-9(2)7-8-16-13(15)11-6-4-5-10(3)12(11)14/h4-6,9H,7-8H2,1-3H3. The van der Waals surface area contributed by atoms with Gasteiger partial charge < -0.3 is 4.74 Å². The summed E-state index contributed by atoms with van der Waals surface area (Å²) in [5, 5.41) is 0. The molecule has 0 heterocycles. The average molecular weight is 224 g/mol. The van der Waals surface area contributed by atoms with E-state index in [4.69, 9.17) is 4.74 Å². The van der Waals surface area contributed by atoms with Crippen LogP contribution >= 0.6 is 0 Å². The minimum Gasteiger partial charge on any atom is -0.462 e. The van der Waals surface area contributed by atoms with Crippen LogP contribution in [0.4, 0.5) is 4.39 Å². The first-order valence-corrected chi connectivity index (χ1v) is 5.44. The SMILES string of the molecule is Cc1cccc(C(=O)OCCC(C)C)c1F. The van der Waals surface area contributed by atoms with E-state index in [1.807, 2.05) is 13.8 Å². The smallest absolute Gasteiger partial charge is 0.341 e. The number of hydrogen-bond donors (Lipinski definition) is 0. The van der Waals surface area contributed by atoms with Crippen LogP contribution in [0.2, 0.25) is 0 Å². The zero-order valence-corrected chi connectivity index (χ0v) is 9.92. The van der Waals surface area contributed by atoms with Gasteiger partial charge in [0, 0.05) is 0 Å². The number of carbonyl (C=O) groups is 1. The average Bonchev–Trinajstić information content (AvgIpc) is 2.21. The summed E-state index contributed by atoms with van der Waals surface area (Å²) < 4.78 is 18.5. The van der Waals surface area contributed by atoms with Gasteiger partial charge in [0.2, 0.25) is 0 Å². The molecule has 0 fully saturated rings. The Morgan fingerprint density at radius 2 is 2.12 bits per heavy atom. The van der Waals surface area contributed by atoms with Crippen molar-refractivity contribution in [3.8, 4) is 0 Å². The third kappa shape index (κ3) is 3.33. The van der Waals surface area contributed by atoms with Crippen LogP contribution in [0.5, 0.6) is 0 Å². The second-order valence-corrected chi connectivity index (χ2v) is 4.25. The molecule has 0 aliphatic carbocycles. The fourth-order valence-corrected chi connectivity index (χ4v) is 1.27. The Kier molecular flexibility index (Phi) is 4.47. The van der Waals surface area contributed by atoms with E-state index in [-0.39, 0.29) is 5.56 Å². The Hall–Kier alpha value is -1.38. The minimum atomic E-state index is -0.582. The summed E-state index contributed by atoms with van der Waals surface area (Å²) >= 11 is 0. The van der Waals surface area contributed by atoms with Crippen LogP contribution in [-0.2, 0) is 4.74 Å². The summed E-state index contributed by atoms with van der Waals surface area (Å²) in [4.78, 5) is 11.5. The van der Waals surface area contributed by atoms with Gasteiger partial charge in [-0.3, -0.25) is 0 Å². The van der Waals surface area contributed by atoms with Crippen LogP contribution in [0.15, 0.2) is 18.2 Å². The zero-order valence-electron chi connectivity index (χ0n) is 9.92. The largest absolute Gasteiger partial charge is 0.462 e. The molecule has 0 atom stereocenters. The molecule has 0 radical (unpaired) electrons. The van der Waals surface area contributed by atoms with Crippen LogP contribution in [0, 0.1) is 18.7 Å². The number of aryl methyl sites for hydroxylation is 1. The van der Waals surface area contributed by atoms with E-state index in [1.54, 1.807) is 19.1 Å². The molecule has 3 heteroatoms. The quantitative estimate of drug-likeness (QED) is 0.733. The number of carbonyl (C=O) groups excluding carboxylic acids is 1. The summed E-state index contributed by atoms with van der Waals surface area (Å²) in [5.41, 5.74) is 0.474. The monoisotopic (exact) mass is 224 g/mol. The van der Waals surface area contributed by atoms with Crippen LogP contribution in [0.3, 0.4) is 0 Å². The van der Waals surface area contributed by atoms with Gasteiger partial charge in [-0.05, 0) is 30.9 Å². The van der Waals surface area contributed by atoms with E-state index in [0.29, 0.717) is 18.1 Å². The number of rotatable bonds is 4. The molecule has 0 saturated heterocycles. The molecule has 0 aromatic heterocycles. The lowest BCUT2D eigenvalue weighted by molar-refractivity contribution is 0.0482. The van der Waals surface area contributed by atoms with Crippen molar-refractivity contribution in [1.29, 1.82) is 0 Å². The van der Waals surface area contributed by atoms with Gasteiger partial charge in [-0.25, -0.2) is 9.18 Å². The first-order valence-electron chi connectivity index (χ1n) is 5.44. The molecule has 0 aliphatic rings. The zero-order chi connectivity index (χ0) is 12.1. The van der Waals surface area contributed by atoms with E-state index >= 15 is 0 Å². The lowest BCUT2D eigenvalue weighted by atomic mass is 10.1. The molecule has 0 bridgehead atoms. The van der Waals surface area contributed by atoms with Crippen LogP contribution in [0.25, 0.3) is 0 Å². The number of benzene rings is 1. The van der Waals surface area contributed by atoms with E-state index in [2.05, 4.69) is 0 Å². The Balaban J connectivity index is 2.63. The third-order valence-electron chi connectivity index (χ3n) is 2.34. The van der Waals surface area contributed by atoms with E-state index in [9.17, 15) is 9.18 Å².